The van der Waals surface area contributed by atoms with Gasteiger partial charge in [0.15, 0.2) is 0 Å². The van der Waals surface area contributed by atoms with Crippen molar-refractivity contribution in [3.05, 3.63) is 114 Å². The molecule has 1 aliphatic carbocycles. The zero-order valence-corrected chi connectivity index (χ0v) is 22.8. The summed E-state index contributed by atoms with van der Waals surface area (Å²) in [5.41, 5.74) is 3.07. The summed E-state index contributed by atoms with van der Waals surface area (Å²) < 4.78 is 44.9. The maximum atomic E-state index is 13.5. The van der Waals surface area contributed by atoms with Crippen molar-refractivity contribution in [2.75, 3.05) is 18.5 Å². The highest BCUT2D eigenvalue weighted by Crippen LogP contribution is 2.51. The average molecular weight is 574 g/mol. The van der Waals surface area contributed by atoms with Gasteiger partial charge in [-0.3, -0.25) is 9.59 Å². The highest BCUT2D eigenvalue weighted by molar-refractivity contribution is 6.04. The van der Waals surface area contributed by atoms with Gasteiger partial charge in [-0.1, -0.05) is 79.6 Å². The third kappa shape index (κ3) is 6.30. The molecule has 216 valence electrons. The summed E-state index contributed by atoms with van der Waals surface area (Å²) in [6, 6.07) is 27.1. The Morgan fingerprint density at radius 1 is 0.786 bits per heavy atom. The predicted octanol–water partition coefficient (Wildman–Crippen LogP) is 6.92. The number of rotatable bonds is 11. The summed E-state index contributed by atoms with van der Waals surface area (Å²) in [6.07, 6.45) is -0.663. The topological polar surface area (TPSA) is 80.3 Å². The van der Waals surface area contributed by atoms with Crippen LogP contribution in [0.4, 0.5) is 18.9 Å². The Morgan fingerprint density at radius 2 is 1.43 bits per heavy atom. The Hall–Kier alpha value is -4.66. The molecule has 1 aromatic heterocycles. The van der Waals surface area contributed by atoms with Gasteiger partial charge in [-0.15, -0.1) is 0 Å². The Kier molecular flexibility index (Phi) is 8.56. The second-order valence-electron chi connectivity index (χ2n) is 10.2. The van der Waals surface area contributed by atoms with Gasteiger partial charge in [-0.05, 0) is 53.3 Å². The van der Waals surface area contributed by atoms with E-state index < -0.39 is 24.0 Å². The Morgan fingerprint density at radius 3 is 2.05 bits per heavy atom. The number of carbonyl (C=O) groups excluding carboxylic acids is 2. The van der Waals surface area contributed by atoms with Gasteiger partial charge < -0.3 is 15.4 Å². The van der Waals surface area contributed by atoms with Crippen molar-refractivity contribution in [3.8, 4) is 17.0 Å². The van der Waals surface area contributed by atoms with Gasteiger partial charge in [0.2, 0.25) is 11.8 Å². The monoisotopic (exact) mass is 573 g/mol. The minimum absolute atomic E-state index is 0.233. The van der Waals surface area contributed by atoms with Crippen LogP contribution in [0.15, 0.2) is 97.2 Å². The third-order valence-corrected chi connectivity index (χ3v) is 7.38. The number of anilines is 1. The van der Waals surface area contributed by atoms with E-state index in [9.17, 15) is 22.8 Å². The SMILES string of the molecule is O=C(Nc1ccc(OCCCCCC2(C(=O)NCC(F)(F)F)c3ccccc3-c3ccccc32)nc1)c1ccccc1. The number of nitrogens with zero attached hydrogens (tertiary/aromatic N) is 1. The molecular formula is C33H30F3N3O3. The lowest BCUT2D eigenvalue weighted by Gasteiger charge is -2.31. The molecule has 1 heterocycles. The molecule has 2 amide bonds. The lowest BCUT2D eigenvalue weighted by atomic mass is 9.73. The van der Waals surface area contributed by atoms with E-state index in [1.807, 2.05) is 54.6 Å². The number of nitrogens with one attached hydrogen (secondary N) is 2. The summed E-state index contributed by atoms with van der Waals surface area (Å²) in [5.74, 6) is -0.463. The van der Waals surface area contributed by atoms with E-state index in [1.54, 1.807) is 36.4 Å². The Bertz CT molecular complexity index is 1490. The number of carbonyl (C=O) groups is 2. The van der Waals surface area contributed by atoms with Gasteiger partial charge >= 0.3 is 6.18 Å². The van der Waals surface area contributed by atoms with Gasteiger partial charge in [-0.2, -0.15) is 13.2 Å². The van der Waals surface area contributed by atoms with Crippen LogP contribution >= 0.6 is 0 Å². The van der Waals surface area contributed by atoms with Crippen LogP contribution < -0.4 is 15.4 Å². The van der Waals surface area contributed by atoms with Crippen molar-refractivity contribution in [2.24, 2.45) is 0 Å². The predicted molar refractivity (Wildman–Crippen MR) is 154 cm³/mol. The zero-order valence-electron chi connectivity index (χ0n) is 22.8. The molecule has 0 radical (unpaired) electrons. The van der Waals surface area contributed by atoms with Crippen molar-refractivity contribution in [3.63, 3.8) is 0 Å². The van der Waals surface area contributed by atoms with Crippen molar-refractivity contribution in [2.45, 2.75) is 37.3 Å². The minimum atomic E-state index is -4.51. The molecule has 42 heavy (non-hydrogen) atoms. The molecule has 0 saturated heterocycles. The second kappa shape index (κ2) is 12.5. The fraction of sp³-hybridized carbons (Fsp3) is 0.242. The van der Waals surface area contributed by atoms with Gasteiger partial charge in [0.1, 0.15) is 12.0 Å². The largest absolute Gasteiger partial charge is 0.478 e. The molecule has 0 spiro atoms. The number of ether oxygens (including phenoxy) is 1. The zero-order chi connectivity index (χ0) is 29.6. The molecule has 5 rings (SSSR count). The van der Waals surface area contributed by atoms with E-state index in [0.717, 1.165) is 22.3 Å². The molecule has 0 saturated carbocycles. The van der Waals surface area contributed by atoms with Gasteiger partial charge in [-0.25, -0.2) is 4.98 Å². The van der Waals surface area contributed by atoms with E-state index >= 15 is 0 Å². The van der Waals surface area contributed by atoms with Crippen LogP contribution in [-0.2, 0) is 10.2 Å². The first kappa shape index (κ1) is 28.9. The highest BCUT2D eigenvalue weighted by Gasteiger charge is 2.49. The Balaban J connectivity index is 1.19. The van der Waals surface area contributed by atoms with Gasteiger partial charge in [0, 0.05) is 11.6 Å². The summed E-state index contributed by atoms with van der Waals surface area (Å²) >= 11 is 0. The summed E-state index contributed by atoms with van der Waals surface area (Å²) in [6.45, 7) is -1.00. The van der Waals surface area contributed by atoms with Crippen LogP contribution in [0.2, 0.25) is 0 Å². The number of fused-ring (bicyclic) bond motifs is 3. The second-order valence-corrected chi connectivity index (χ2v) is 10.2. The van der Waals surface area contributed by atoms with Crippen LogP contribution in [0.3, 0.4) is 0 Å². The van der Waals surface area contributed by atoms with E-state index in [1.165, 1.54) is 6.20 Å². The van der Waals surface area contributed by atoms with Crippen molar-refractivity contribution >= 4 is 17.5 Å². The molecule has 9 heteroatoms. The quantitative estimate of drug-likeness (QED) is 0.191. The molecule has 6 nitrogen and oxygen atoms in total. The summed E-state index contributed by atoms with van der Waals surface area (Å²) in [4.78, 5) is 30.1. The first-order valence-corrected chi connectivity index (χ1v) is 13.8. The number of hydrogen-bond donors (Lipinski definition) is 2. The number of hydrogen-bond acceptors (Lipinski definition) is 4. The normalized spacial score (nSPS) is 13.1. The van der Waals surface area contributed by atoms with Crippen molar-refractivity contribution in [1.29, 1.82) is 0 Å². The number of benzene rings is 3. The van der Waals surface area contributed by atoms with Crippen molar-refractivity contribution in [1.82, 2.24) is 10.3 Å². The van der Waals surface area contributed by atoms with Crippen LogP contribution in [-0.4, -0.2) is 36.1 Å². The molecule has 0 aliphatic heterocycles. The molecule has 0 atom stereocenters. The fourth-order valence-corrected chi connectivity index (χ4v) is 5.46. The number of unbranched alkanes of at least 4 members (excludes halogenated alkanes) is 2. The minimum Gasteiger partial charge on any atom is -0.478 e. The molecule has 2 N–H and O–H groups in total. The highest BCUT2D eigenvalue weighted by atomic mass is 19.4. The van der Waals surface area contributed by atoms with Gasteiger partial charge in [0.05, 0.1) is 18.5 Å². The molecule has 0 unspecified atom stereocenters. The number of halogens is 3. The first-order valence-electron chi connectivity index (χ1n) is 13.8. The third-order valence-electron chi connectivity index (χ3n) is 7.38. The Labute approximate surface area is 241 Å². The summed E-state index contributed by atoms with van der Waals surface area (Å²) in [5, 5.41) is 4.95. The standard InChI is InChI=1S/C33H30F3N3O3/c34-33(35,36)22-38-31(41)32(27-15-7-5-13-25(27)26-14-6-8-16-28(26)32)19-9-2-10-20-42-29-18-17-24(21-37-29)39-30(40)23-11-3-1-4-12-23/h1,3-8,11-18,21H,2,9-10,19-20,22H2,(H,38,41)(H,39,40). The number of amides is 2. The van der Waals surface area contributed by atoms with Crippen LogP contribution in [0.5, 0.6) is 5.88 Å². The lowest BCUT2D eigenvalue weighted by molar-refractivity contribution is -0.141. The molecule has 0 bridgehead atoms. The summed E-state index contributed by atoms with van der Waals surface area (Å²) in [7, 11) is 0. The molecule has 0 fully saturated rings. The fourth-order valence-electron chi connectivity index (χ4n) is 5.46. The molecular weight excluding hydrogens is 543 g/mol. The molecule has 1 aliphatic rings. The van der Waals surface area contributed by atoms with Gasteiger partial charge in [0.25, 0.3) is 5.91 Å². The average Bonchev–Trinajstić information content (AvgIpc) is 3.29. The number of alkyl halides is 3. The molecule has 4 aromatic rings. The van der Waals surface area contributed by atoms with Crippen LogP contribution in [0.1, 0.15) is 47.2 Å². The van der Waals surface area contributed by atoms with E-state index in [2.05, 4.69) is 15.6 Å². The molecule has 3 aromatic carbocycles. The van der Waals surface area contributed by atoms with E-state index in [0.29, 0.717) is 49.4 Å². The van der Waals surface area contributed by atoms with Crippen molar-refractivity contribution < 1.29 is 27.5 Å². The number of pyridine rings is 1. The number of aromatic nitrogens is 1. The maximum absolute atomic E-state index is 13.5. The maximum Gasteiger partial charge on any atom is 0.405 e. The van der Waals surface area contributed by atoms with Crippen LogP contribution in [0.25, 0.3) is 11.1 Å². The lowest BCUT2D eigenvalue weighted by Crippen LogP contribution is -2.47. The smallest absolute Gasteiger partial charge is 0.405 e. The van der Waals surface area contributed by atoms with E-state index in [4.69, 9.17) is 4.74 Å². The first-order chi connectivity index (χ1) is 20.3. The van der Waals surface area contributed by atoms with E-state index in [-0.39, 0.29) is 5.91 Å². The van der Waals surface area contributed by atoms with Crippen LogP contribution in [0, 0.1) is 0 Å².